The van der Waals surface area contributed by atoms with E-state index in [0.29, 0.717) is 13.0 Å². The van der Waals surface area contributed by atoms with E-state index in [2.05, 4.69) is 5.32 Å². The average Bonchev–Trinajstić information content (AvgIpc) is 2.15. The topological polar surface area (TPSA) is 46.2 Å². The molecular formula is C10H17NO2. The van der Waals surface area contributed by atoms with E-state index in [9.17, 15) is 9.59 Å². The largest absolute Gasteiger partial charge is 0.355 e. The fraction of sp³-hybridized carbons (Fsp3) is 0.800. The van der Waals surface area contributed by atoms with Crippen LogP contribution in [0.5, 0.6) is 0 Å². The molecule has 0 radical (unpaired) electrons. The summed E-state index contributed by atoms with van der Waals surface area (Å²) in [5.41, 5.74) is 0. The Kier molecular flexibility index (Phi) is 3.93. The van der Waals surface area contributed by atoms with Crippen molar-refractivity contribution in [2.45, 2.75) is 39.0 Å². The second-order valence-corrected chi connectivity index (χ2v) is 3.56. The quantitative estimate of drug-likeness (QED) is 0.670. The molecule has 1 atom stereocenters. The average molecular weight is 183 g/mol. The summed E-state index contributed by atoms with van der Waals surface area (Å²) in [7, 11) is 0. The van der Waals surface area contributed by atoms with Crippen molar-refractivity contribution >= 4 is 11.7 Å². The summed E-state index contributed by atoms with van der Waals surface area (Å²) in [6.45, 7) is 2.69. The van der Waals surface area contributed by atoms with Crippen LogP contribution in [0.1, 0.15) is 39.0 Å². The highest BCUT2D eigenvalue weighted by Crippen LogP contribution is 2.20. The van der Waals surface area contributed by atoms with E-state index in [1.54, 1.807) is 0 Å². The Morgan fingerprint density at radius 2 is 2.31 bits per heavy atom. The summed E-state index contributed by atoms with van der Waals surface area (Å²) >= 11 is 0. The third kappa shape index (κ3) is 2.83. The number of ketones is 1. The van der Waals surface area contributed by atoms with Gasteiger partial charge in [-0.1, -0.05) is 13.3 Å². The van der Waals surface area contributed by atoms with Crippen LogP contribution in [0, 0.1) is 5.92 Å². The van der Waals surface area contributed by atoms with Gasteiger partial charge < -0.3 is 5.32 Å². The molecule has 1 saturated carbocycles. The molecule has 0 aromatic heterocycles. The first kappa shape index (κ1) is 10.2. The van der Waals surface area contributed by atoms with Crippen LogP contribution < -0.4 is 5.32 Å². The third-order valence-electron chi connectivity index (χ3n) is 2.42. The van der Waals surface area contributed by atoms with Crippen molar-refractivity contribution in [3.8, 4) is 0 Å². The smallest absolute Gasteiger partial charge is 0.230 e. The Balaban J connectivity index is 2.39. The van der Waals surface area contributed by atoms with Gasteiger partial charge in [-0.15, -0.1) is 0 Å². The summed E-state index contributed by atoms with van der Waals surface area (Å²) in [5, 5.41) is 2.77. The number of Topliss-reactive ketones (excluding diaryl/α,β-unsaturated/α-hetero) is 1. The molecule has 1 N–H and O–H groups in total. The van der Waals surface area contributed by atoms with Gasteiger partial charge in [-0.2, -0.15) is 0 Å². The molecule has 0 saturated heterocycles. The van der Waals surface area contributed by atoms with Gasteiger partial charge in [0.05, 0.1) is 5.92 Å². The molecule has 1 aliphatic carbocycles. The third-order valence-corrected chi connectivity index (χ3v) is 2.42. The summed E-state index contributed by atoms with van der Waals surface area (Å²) in [5.74, 6) is -0.285. The minimum atomic E-state index is -0.347. The molecule has 0 heterocycles. The van der Waals surface area contributed by atoms with Gasteiger partial charge >= 0.3 is 0 Å². The van der Waals surface area contributed by atoms with Crippen molar-refractivity contribution in [1.82, 2.24) is 5.32 Å². The second-order valence-electron chi connectivity index (χ2n) is 3.56. The van der Waals surface area contributed by atoms with Crippen LogP contribution in [0.3, 0.4) is 0 Å². The highest BCUT2D eigenvalue weighted by atomic mass is 16.2. The first-order chi connectivity index (χ1) is 6.25. The van der Waals surface area contributed by atoms with Crippen molar-refractivity contribution in [2.24, 2.45) is 5.92 Å². The Hall–Kier alpha value is -0.860. The van der Waals surface area contributed by atoms with E-state index in [1.807, 2.05) is 6.92 Å². The molecule has 0 bridgehead atoms. The summed E-state index contributed by atoms with van der Waals surface area (Å²) in [4.78, 5) is 22.8. The van der Waals surface area contributed by atoms with Gasteiger partial charge in [-0.05, 0) is 19.3 Å². The molecule has 0 aromatic rings. The molecular weight excluding hydrogens is 166 g/mol. The van der Waals surface area contributed by atoms with Gasteiger partial charge in [-0.25, -0.2) is 0 Å². The van der Waals surface area contributed by atoms with Gasteiger partial charge in [0.1, 0.15) is 5.78 Å². The molecule has 0 spiro atoms. The maximum Gasteiger partial charge on any atom is 0.230 e. The number of carbonyl (C=O) groups excluding carboxylic acids is 2. The van der Waals surface area contributed by atoms with Crippen molar-refractivity contribution in [2.75, 3.05) is 6.54 Å². The fourth-order valence-corrected chi connectivity index (χ4v) is 1.63. The van der Waals surface area contributed by atoms with Crippen LogP contribution in [-0.4, -0.2) is 18.2 Å². The van der Waals surface area contributed by atoms with Crippen LogP contribution in [0.25, 0.3) is 0 Å². The van der Waals surface area contributed by atoms with Crippen LogP contribution >= 0.6 is 0 Å². The van der Waals surface area contributed by atoms with Crippen molar-refractivity contribution in [3.63, 3.8) is 0 Å². The van der Waals surface area contributed by atoms with Crippen molar-refractivity contribution in [1.29, 1.82) is 0 Å². The molecule has 0 aromatic carbocycles. The lowest BCUT2D eigenvalue weighted by Gasteiger charge is -2.19. The predicted octanol–water partition coefficient (Wildman–Crippen LogP) is 1.27. The Morgan fingerprint density at radius 1 is 1.54 bits per heavy atom. The molecule has 3 heteroatoms. The molecule has 3 nitrogen and oxygen atoms in total. The van der Waals surface area contributed by atoms with Crippen molar-refractivity contribution in [3.05, 3.63) is 0 Å². The number of hydrogen-bond acceptors (Lipinski definition) is 2. The van der Waals surface area contributed by atoms with E-state index in [0.717, 1.165) is 25.7 Å². The van der Waals surface area contributed by atoms with E-state index in [-0.39, 0.29) is 17.6 Å². The van der Waals surface area contributed by atoms with Crippen molar-refractivity contribution < 1.29 is 9.59 Å². The lowest BCUT2D eigenvalue weighted by molar-refractivity contribution is -0.135. The number of amides is 1. The van der Waals surface area contributed by atoms with Gasteiger partial charge in [0.15, 0.2) is 0 Å². The summed E-state index contributed by atoms with van der Waals surface area (Å²) < 4.78 is 0. The number of nitrogens with one attached hydrogen (secondary N) is 1. The van der Waals surface area contributed by atoms with E-state index >= 15 is 0 Å². The van der Waals surface area contributed by atoms with Gasteiger partial charge in [0.2, 0.25) is 5.91 Å². The van der Waals surface area contributed by atoms with E-state index < -0.39 is 0 Å². The van der Waals surface area contributed by atoms with E-state index in [1.165, 1.54) is 0 Å². The maximum absolute atomic E-state index is 11.4. The maximum atomic E-state index is 11.4. The monoisotopic (exact) mass is 183 g/mol. The number of hydrogen-bond donors (Lipinski definition) is 1. The first-order valence-electron chi connectivity index (χ1n) is 5.06. The summed E-state index contributed by atoms with van der Waals surface area (Å²) in [6, 6.07) is 0. The molecule has 1 unspecified atom stereocenters. The van der Waals surface area contributed by atoms with Crippen LogP contribution in [0.4, 0.5) is 0 Å². The standard InChI is InChI=1S/C10H17NO2/c1-2-7-11-10(13)8-5-3-4-6-9(8)12/h8H,2-7H2,1H3,(H,11,13). The molecule has 13 heavy (non-hydrogen) atoms. The number of carbonyl (C=O) groups is 2. The van der Waals surface area contributed by atoms with Gasteiger partial charge in [0, 0.05) is 13.0 Å². The zero-order chi connectivity index (χ0) is 9.68. The zero-order valence-electron chi connectivity index (χ0n) is 8.14. The lowest BCUT2D eigenvalue weighted by Crippen LogP contribution is -2.37. The Labute approximate surface area is 78.9 Å². The molecule has 74 valence electrons. The van der Waals surface area contributed by atoms with E-state index in [4.69, 9.17) is 0 Å². The Bertz CT molecular complexity index is 201. The Morgan fingerprint density at radius 3 is 2.92 bits per heavy atom. The SMILES string of the molecule is CCCNC(=O)C1CCCCC1=O. The highest BCUT2D eigenvalue weighted by molar-refractivity contribution is 6.01. The summed E-state index contributed by atoms with van der Waals surface area (Å²) in [6.07, 6.45) is 4.22. The molecule has 1 fully saturated rings. The molecule has 0 aliphatic heterocycles. The molecule has 1 rings (SSSR count). The second kappa shape index (κ2) is 5.00. The predicted molar refractivity (Wildman–Crippen MR) is 50.3 cm³/mol. The number of rotatable bonds is 3. The van der Waals surface area contributed by atoms with Gasteiger partial charge in [0.25, 0.3) is 0 Å². The van der Waals surface area contributed by atoms with Gasteiger partial charge in [-0.3, -0.25) is 9.59 Å². The van der Waals surface area contributed by atoms with Crippen LogP contribution in [0.15, 0.2) is 0 Å². The highest BCUT2D eigenvalue weighted by Gasteiger charge is 2.28. The normalized spacial score (nSPS) is 22.8. The fourth-order valence-electron chi connectivity index (χ4n) is 1.63. The lowest BCUT2D eigenvalue weighted by atomic mass is 9.87. The first-order valence-corrected chi connectivity index (χ1v) is 5.06. The molecule has 1 aliphatic rings. The minimum Gasteiger partial charge on any atom is -0.355 e. The van der Waals surface area contributed by atoms with Crippen LogP contribution in [-0.2, 0) is 9.59 Å². The minimum absolute atomic E-state index is 0.0634. The van der Waals surface area contributed by atoms with Crippen LogP contribution in [0.2, 0.25) is 0 Å². The zero-order valence-corrected chi connectivity index (χ0v) is 8.14. The molecule has 1 amide bonds.